The van der Waals surface area contributed by atoms with Crippen molar-refractivity contribution in [1.29, 1.82) is 0 Å². The van der Waals surface area contributed by atoms with E-state index < -0.39 is 0 Å². The van der Waals surface area contributed by atoms with E-state index in [0.717, 1.165) is 5.39 Å². The maximum atomic E-state index is 13.2. The van der Waals surface area contributed by atoms with Crippen LogP contribution in [0.3, 0.4) is 0 Å². The first-order valence-corrected chi connectivity index (χ1v) is 5.66. The van der Waals surface area contributed by atoms with Gasteiger partial charge in [0.15, 0.2) is 0 Å². The molecule has 0 spiro atoms. The van der Waals surface area contributed by atoms with E-state index in [0.29, 0.717) is 19.4 Å². The molecule has 0 atom stereocenters. The van der Waals surface area contributed by atoms with E-state index in [9.17, 15) is 4.39 Å². The van der Waals surface area contributed by atoms with Gasteiger partial charge in [-0.2, -0.15) is 0 Å². The number of nitrogens with zero attached hydrogens (tertiary/aromatic N) is 1. The van der Waals surface area contributed by atoms with Gasteiger partial charge in [-0.25, -0.2) is 9.37 Å². The van der Waals surface area contributed by atoms with Gasteiger partial charge in [-0.3, -0.25) is 0 Å². The molecular formula is C9H5BrFIN2. The lowest BCUT2D eigenvalue weighted by molar-refractivity contribution is 0.622. The van der Waals surface area contributed by atoms with Crippen LogP contribution in [0.2, 0.25) is 0 Å². The number of pyridine rings is 1. The Bertz CT molecular complexity index is 426. The first kappa shape index (κ1) is 10.1. The molecule has 0 saturated heterocycles. The van der Waals surface area contributed by atoms with Crippen LogP contribution in [-0.2, 0) is 0 Å². The summed E-state index contributed by atoms with van der Waals surface area (Å²) in [7, 11) is 0. The number of anilines is 1. The van der Waals surface area contributed by atoms with Crippen LogP contribution in [0.4, 0.5) is 10.2 Å². The minimum atomic E-state index is -0.239. The van der Waals surface area contributed by atoms with Gasteiger partial charge in [0.25, 0.3) is 0 Å². The molecule has 2 N–H and O–H groups in total. The van der Waals surface area contributed by atoms with Crippen LogP contribution in [0.5, 0.6) is 0 Å². The summed E-state index contributed by atoms with van der Waals surface area (Å²) in [6.07, 6.45) is 0. The molecule has 14 heavy (non-hydrogen) atoms. The molecule has 0 saturated carbocycles. The van der Waals surface area contributed by atoms with Crippen molar-refractivity contribution < 1.29 is 4.39 Å². The number of nitrogen functional groups attached to an aromatic ring is 1. The van der Waals surface area contributed by atoms with E-state index in [1.165, 1.54) is 6.07 Å². The molecule has 1 aromatic carbocycles. The van der Waals surface area contributed by atoms with Gasteiger partial charge < -0.3 is 5.73 Å². The monoisotopic (exact) mass is 366 g/mol. The van der Waals surface area contributed by atoms with Crippen LogP contribution in [0.25, 0.3) is 10.9 Å². The fourth-order valence-electron chi connectivity index (χ4n) is 1.16. The number of fused-ring (bicyclic) bond motifs is 1. The van der Waals surface area contributed by atoms with Crippen molar-refractivity contribution in [3.8, 4) is 0 Å². The minimum Gasteiger partial charge on any atom is -0.383 e. The van der Waals surface area contributed by atoms with Crippen LogP contribution in [0.15, 0.2) is 22.7 Å². The predicted octanol–water partition coefficient (Wildman–Crippen LogP) is 3.32. The van der Waals surface area contributed by atoms with Crippen molar-refractivity contribution in [3.63, 3.8) is 0 Å². The predicted molar refractivity (Wildman–Crippen MR) is 66.5 cm³/mol. The molecule has 0 radical (unpaired) electrons. The van der Waals surface area contributed by atoms with Crippen molar-refractivity contribution in [1.82, 2.24) is 4.98 Å². The Hall–Kier alpha value is -0.430. The van der Waals surface area contributed by atoms with E-state index in [1.54, 1.807) is 12.1 Å². The zero-order valence-electron chi connectivity index (χ0n) is 6.89. The highest BCUT2D eigenvalue weighted by molar-refractivity contribution is 14.1. The van der Waals surface area contributed by atoms with Gasteiger partial charge >= 0.3 is 0 Å². The summed E-state index contributed by atoms with van der Waals surface area (Å²) < 4.78 is 14.4. The van der Waals surface area contributed by atoms with E-state index in [4.69, 9.17) is 5.73 Å². The lowest BCUT2D eigenvalue weighted by atomic mass is 10.2. The summed E-state index contributed by atoms with van der Waals surface area (Å²) in [5.41, 5.74) is 6.32. The molecule has 0 aliphatic rings. The molecule has 1 aromatic heterocycles. The van der Waals surface area contributed by atoms with E-state index in [-0.39, 0.29) is 5.82 Å². The highest BCUT2D eigenvalue weighted by atomic mass is 127. The molecule has 0 fully saturated rings. The zero-order valence-corrected chi connectivity index (χ0v) is 10.6. The number of halogens is 3. The van der Waals surface area contributed by atoms with Gasteiger partial charge in [0, 0.05) is 5.39 Å². The number of hydrogen-bond donors (Lipinski definition) is 1. The van der Waals surface area contributed by atoms with Crippen molar-refractivity contribution in [2.75, 3.05) is 5.73 Å². The van der Waals surface area contributed by atoms with Gasteiger partial charge in [0.1, 0.15) is 11.6 Å². The molecule has 2 rings (SSSR count). The Kier molecular flexibility index (Phi) is 2.61. The topological polar surface area (TPSA) is 38.9 Å². The Morgan fingerprint density at radius 2 is 2.07 bits per heavy atom. The molecular weight excluding hydrogens is 362 g/mol. The summed E-state index contributed by atoms with van der Waals surface area (Å²) in [6.45, 7) is 0. The molecule has 0 unspecified atom stereocenters. The number of benzene rings is 1. The molecule has 72 valence electrons. The molecule has 0 bridgehead atoms. The number of rotatable bonds is 0. The second kappa shape index (κ2) is 3.62. The lowest BCUT2D eigenvalue weighted by Gasteiger charge is -2.02. The fourth-order valence-corrected chi connectivity index (χ4v) is 1.94. The van der Waals surface area contributed by atoms with E-state index in [1.807, 2.05) is 22.6 Å². The molecule has 0 amide bonds. The number of nitrogens with two attached hydrogens (primary N) is 1. The third-order valence-electron chi connectivity index (χ3n) is 1.84. The van der Waals surface area contributed by atoms with Crippen molar-refractivity contribution in [2.24, 2.45) is 0 Å². The average molecular weight is 367 g/mol. The van der Waals surface area contributed by atoms with Crippen LogP contribution < -0.4 is 5.73 Å². The summed E-state index contributed by atoms with van der Waals surface area (Å²) >= 11 is 5.17. The van der Waals surface area contributed by atoms with Crippen LogP contribution in [0.1, 0.15) is 0 Å². The Labute approximate surface area is 102 Å². The Balaban J connectivity index is 2.83. The molecule has 0 aliphatic carbocycles. The first-order chi connectivity index (χ1) is 6.58. The molecule has 0 aliphatic heterocycles. The second-order valence-corrected chi connectivity index (χ2v) is 4.83. The number of hydrogen-bond acceptors (Lipinski definition) is 2. The summed E-state index contributed by atoms with van der Waals surface area (Å²) in [6, 6.07) is 4.89. The highest BCUT2D eigenvalue weighted by Crippen LogP contribution is 2.25. The molecule has 1 heterocycles. The standard InChI is InChI=1S/C9H5BrFIN2/c10-5-1-4-2-6(11)7(12)3-8(4)14-9(5)13/h1-3H,(H2,13,14). The average Bonchev–Trinajstić information content (AvgIpc) is 2.11. The zero-order chi connectivity index (χ0) is 10.3. The minimum absolute atomic E-state index is 0.239. The highest BCUT2D eigenvalue weighted by Gasteiger charge is 2.05. The largest absolute Gasteiger partial charge is 0.383 e. The summed E-state index contributed by atoms with van der Waals surface area (Å²) in [5, 5.41) is 0.740. The van der Waals surface area contributed by atoms with Gasteiger partial charge in [-0.05, 0) is 56.7 Å². The van der Waals surface area contributed by atoms with Crippen molar-refractivity contribution in [3.05, 3.63) is 32.1 Å². The maximum Gasteiger partial charge on any atom is 0.138 e. The van der Waals surface area contributed by atoms with Gasteiger partial charge in [-0.1, -0.05) is 0 Å². The Morgan fingerprint density at radius 3 is 2.79 bits per heavy atom. The van der Waals surface area contributed by atoms with Gasteiger partial charge in [0.2, 0.25) is 0 Å². The van der Waals surface area contributed by atoms with Crippen molar-refractivity contribution in [2.45, 2.75) is 0 Å². The quantitative estimate of drug-likeness (QED) is 0.726. The maximum absolute atomic E-state index is 13.2. The molecule has 5 heteroatoms. The third kappa shape index (κ3) is 1.70. The normalized spacial score (nSPS) is 10.8. The van der Waals surface area contributed by atoms with Crippen LogP contribution >= 0.6 is 38.5 Å². The van der Waals surface area contributed by atoms with Gasteiger partial charge in [-0.15, -0.1) is 0 Å². The first-order valence-electron chi connectivity index (χ1n) is 3.78. The van der Waals surface area contributed by atoms with Crippen molar-refractivity contribution >= 4 is 55.2 Å². The number of aromatic nitrogens is 1. The third-order valence-corrected chi connectivity index (χ3v) is 3.30. The van der Waals surface area contributed by atoms with Crippen LogP contribution in [-0.4, -0.2) is 4.98 Å². The van der Waals surface area contributed by atoms with Gasteiger partial charge in [0.05, 0.1) is 13.6 Å². The second-order valence-electron chi connectivity index (χ2n) is 2.81. The van der Waals surface area contributed by atoms with Crippen LogP contribution in [0, 0.1) is 9.39 Å². The summed E-state index contributed by atoms with van der Waals surface area (Å²) in [4.78, 5) is 4.14. The Morgan fingerprint density at radius 1 is 1.36 bits per heavy atom. The smallest absolute Gasteiger partial charge is 0.138 e. The summed E-state index contributed by atoms with van der Waals surface area (Å²) in [5.74, 6) is 0.177. The SMILES string of the molecule is Nc1nc2cc(I)c(F)cc2cc1Br. The van der Waals surface area contributed by atoms with E-state index in [2.05, 4.69) is 20.9 Å². The lowest BCUT2D eigenvalue weighted by Crippen LogP contribution is -1.93. The molecule has 2 nitrogen and oxygen atoms in total. The molecule has 2 aromatic rings. The fraction of sp³-hybridized carbons (Fsp3) is 0. The van der Waals surface area contributed by atoms with E-state index >= 15 is 0 Å².